The molecule has 0 saturated heterocycles. The van der Waals surface area contributed by atoms with E-state index in [9.17, 15) is 0 Å². The van der Waals surface area contributed by atoms with Crippen molar-refractivity contribution in [2.24, 2.45) is 0 Å². The first-order valence-electron chi connectivity index (χ1n) is 7.65. The summed E-state index contributed by atoms with van der Waals surface area (Å²) in [5.41, 5.74) is 5.88. The summed E-state index contributed by atoms with van der Waals surface area (Å²) in [6, 6.07) is 15.3. The van der Waals surface area contributed by atoms with Gasteiger partial charge < -0.3 is 5.32 Å². The van der Waals surface area contributed by atoms with E-state index < -0.39 is 0 Å². The molecule has 0 radical (unpaired) electrons. The number of nitrogens with zero attached hydrogens (tertiary/aromatic N) is 3. The summed E-state index contributed by atoms with van der Waals surface area (Å²) in [4.78, 5) is 9.07. The highest BCUT2D eigenvalue weighted by Gasteiger charge is 2.18. The second-order valence-corrected chi connectivity index (χ2v) is 6.11. The summed E-state index contributed by atoms with van der Waals surface area (Å²) in [7, 11) is 0. The van der Waals surface area contributed by atoms with Crippen LogP contribution >= 0.6 is 11.6 Å². The zero-order valence-electron chi connectivity index (χ0n) is 12.8. The zero-order chi connectivity index (χ0) is 16.5. The van der Waals surface area contributed by atoms with Gasteiger partial charge in [0.1, 0.15) is 0 Å². The quantitative estimate of drug-likeness (QED) is 0.750. The van der Waals surface area contributed by atoms with Crippen LogP contribution in [-0.2, 0) is 12.8 Å². The van der Waals surface area contributed by atoms with Crippen molar-refractivity contribution in [3.63, 3.8) is 0 Å². The largest absolute Gasteiger partial charge is 0.324 e. The summed E-state index contributed by atoms with van der Waals surface area (Å²) < 4.78 is 0. The Labute approximate surface area is 144 Å². The van der Waals surface area contributed by atoms with E-state index in [1.807, 2.05) is 36.5 Å². The molecule has 1 aliphatic rings. The number of nitrogens with one attached hydrogen (secondary N) is 1. The topological polar surface area (TPSA) is 61.6 Å². The molecular formula is C19H13ClN4. The minimum Gasteiger partial charge on any atom is -0.324 e. The van der Waals surface area contributed by atoms with E-state index in [0.29, 0.717) is 11.5 Å². The van der Waals surface area contributed by atoms with Crippen molar-refractivity contribution >= 4 is 23.2 Å². The van der Waals surface area contributed by atoms with Crippen molar-refractivity contribution in [3.05, 3.63) is 70.5 Å². The van der Waals surface area contributed by atoms with Crippen molar-refractivity contribution < 1.29 is 0 Å². The van der Waals surface area contributed by atoms with Gasteiger partial charge in [-0.15, -0.1) is 0 Å². The standard InChI is InChI=1S/C19H13ClN4/c20-14-5-6-16-13(9-14)4-7-18-17(16)11-22-19(24-18)23-15-3-1-2-12(8-15)10-21/h1-3,5-6,8-9,11H,4,7H2,(H,22,23,24). The van der Waals surface area contributed by atoms with Gasteiger partial charge in [-0.3, -0.25) is 0 Å². The van der Waals surface area contributed by atoms with Crippen molar-refractivity contribution in [2.45, 2.75) is 12.8 Å². The smallest absolute Gasteiger partial charge is 0.227 e. The molecule has 5 heteroatoms. The Balaban J connectivity index is 1.67. The Morgan fingerprint density at radius 3 is 2.88 bits per heavy atom. The normalized spacial score (nSPS) is 12.0. The van der Waals surface area contributed by atoms with Gasteiger partial charge in [-0.1, -0.05) is 23.7 Å². The van der Waals surface area contributed by atoms with E-state index in [-0.39, 0.29) is 0 Å². The maximum atomic E-state index is 8.98. The molecule has 116 valence electrons. The number of hydrogen-bond acceptors (Lipinski definition) is 4. The van der Waals surface area contributed by atoms with Crippen LogP contribution in [0.1, 0.15) is 16.8 Å². The fourth-order valence-corrected chi connectivity index (χ4v) is 3.17. The first-order chi connectivity index (χ1) is 11.7. The maximum Gasteiger partial charge on any atom is 0.227 e. The Morgan fingerprint density at radius 1 is 1.08 bits per heavy atom. The number of anilines is 2. The molecule has 1 N–H and O–H groups in total. The van der Waals surface area contributed by atoms with Gasteiger partial charge in [0.25, 0.3) is 0 Å². The molecule has 0 amide bonds. The number of rotatable bonds is 2. The molecule has 3 aromatic rings. The highest BCUT2D eigenvalue weighted by Crippen LogP contribution is 2.34. The number of nitriles is 1. The predicted molar refractivity (Wildman–Crippen MR) is 94.3 cm³/mol. The Morgan fingerprint density at radius 2 is 2.00 bits per heavy atom. The minimum absolute atomic E-state index is 0.543. The lowest BCUT2D eigenvalue weighted by Gasteiger charge is -2.19. The highest BCUT2D eigenvalue weighted by molar-refractivity contribution is 6.30. The molecule has 0 fully saturated rings. The van der Waals surface area contributed by atoms with Crippen LogP contribution in [0, 0.1) is 11.3 Å². The second-order valence-electron chi connectivity index (χ2n) is 5.67. The second kappa shape index (κ2) is 5.95. The average molecular weight is 333 g/mol. The summed E-state index contributed by atoms with van der Waals surface area (Å²) in [5.74, 6) is 0.543. The van der Waals surface area contributed by atoms with Crippen LogP contribution in [0.3, 0.4) is 0 Å². The molecule has 1 aliphatic carbocycles. The van der Waals surface area contributed by atoms with E-state index in [2.05, 4.69) is 21.4 Å². The van der Waals surface area contributed by atoms with Crippen molar-refractivity contribution in [2.75, 3.05) is 5.32 Å². The van der Waals surface area contributed by atoms with Crippen LogP contribution in [0.5, 0.6) is 0 Å². The van der Waals surface area contributed by atoms with E-state index >= 15 is 0 Å². The molecule has 0 bridgehead atoms. The third-order valence-electron chi connectivity index (χ3n) is 4.10. The SMILES string of the molecule is N#Cc1cccc(Nc2ncc3c(n2)CCc2cc(Cl)ccc2-3)c1. The molecule has 0 saturated carbocycles. The molecule has 4 nitrogen and oxygen atoms in total. The lowest BCUT2D eigenvalue weighted by Crippen LogP contribution is -2.09. The third kappa shape index (κ3) is 2.70. The maximum absolute atomic E-state index is 8.98. The Kier molecular flexibility index (Phi) is 3.64. The minimum atomic E-state index is 0.543. The molecular weight excluding hydrogens is 320 g/mol. The summed E-state index contributed by atoms with van der Waals surface area (Å²) in [6.45, 7) is 0. The van der Waals surface area contributed by atoms with Crippen LogP contribution in [0.4, 0.5) is 11.6 Å². The van der Waals surface area contributed by atoms with Gasteiger partial charge in [-0.2, -0.15) is 5.26 Å². The van der Waals surface area contributed by atoms with Gasteiger partial charge in [0, 0.05) is 22.5 Å². The first kappa shape index (κ1) is 14.7. The molecule has 0 spiro atoms. The van der Waals surface area contributed by atoms with Gasteiger partial charge in [0.05, 0.1) is 17.3 Å². The third-order valence-corrected chi connectivity index (χ3v) is 4.34. The van der Waals surface area contributed by atoms with Crippen LogP contribution < -0.4 is 5.32 Å². The van der Waals surface area contributed by atoms with Gasteiger partial charge in [0.15, 0.2) is 0 Å². The van der Waals surface area contributed by atoms with Crippen LogP contribution in [0.25, 0.3) is 11.1 Å². The highest BCUT2D eigenvalue weighted by atomic mass is 35.5. The summed E-state index contributed by atoms with van der Waals surface area (Å²) >= 11 is 6.08. The van der Waals surface area contributed by atoms with Gasteiger partial charge in [-0.25, -0.2) is 9.97 Å². The number of halogens is 1. The molecule has 0 aliphatic heterocycles. The van der Waals surface area contributed by atoms with Crippen molar-refractivity contribution in [1.82, 2.24) is 9.97 Å². The lowest BCUT2D eigenvalue weighted by atomic mass is 9.89. The number of hydrogen-bond donors (Lipinski definition) is 1. The number of aromatic nitrogens is 2. The predicted octanol–water partition coefficient (Wildman–Crippen LogP) is 4.51. The van der Waals surface area contributed by atoms with Gasteiger partial charge in [-0.05, 0) is 54.3 Å². The van der Waals surface area contributed by atoms with E-state index in [4.69, 9.17) is 16.9 Å². The molecule has 24 heavy (non-hydrogen) atoms. The fourth-order valence-electron chi connectivity index (χ4n) is 2.97. The van der Waals surface area contributed by atoms with Crippen LogP contribution in [0.15, 0.2) is 48.7 Å². The first-order valence-corrected chi connectivity index (χ1v) is 8.02. The molecule has 1 aromatic heterocycles. The molecule has 1 heterocycles. The summed E-state index contributed by atoms with van der Waals surface area (Å²) in [6.07, 6.45) is 3.63. The number of benzene rings is 2. The van der Waals surface area contributed by atoms with E-state index in [1.165, 1.54) is 5.56 Å². The van der Waals surface area contributed by atoms with Crippen molar-refractivity contribution in [1.29, 1.82) is 5.26 Å². The van der Waals surface area contributed by atoms with Gasteiger partial charge >= 0.3 is 0 Å². The van der Waals surface area contributed by atoms with E-state index in [1.54, 1.807) is 12.1 Å². The average Bonchev–Trinajstić information content (AvgIpc) is 2.61. The Bertz CT molecular complexity index is 975. The Hall–Kier alpha value is -2.90. The van der Waals surface area contributed by atoms with Crippen LogP contribution in [-0.4, -0.2) is 9.97 Å². The molecule has 4 rings (SSSR count). The van der Waals surface area contributed by atoms with Crippen LogP contribution in [0.2, 0.25) is 5.02 Å². The number of fused-ring (bicyclic) bond motifs is 3. The molecule has 0 unspecified atom stereocenters. The van der Waals surface area contributed by atoms with Crippen molar-refractivity contribution in [3.8, 4) is 17.2 Å². The molecule has 0 atom stereocenters. The monoisotopic (exact) mass is 332 g/mol. The molecule has 2 aromatic carbocycles. The number of aryl methyl sites for hydroxylation is 2. The van der Waals surface area contributed by atoms with Gasteiger partial charge in [0.2, 0.25) is 5.95 Å². The lowest BCUT2D eigenvalue weighted by molar-refractivity contribution is 0.886. The fraction of sp³-hybridized carbons (Fsp3) is 0.105. The zero-order valence-corrected chi connectivity index (χ0v) is 13.5. The summed E-state index contributed by atoms with van der Waals surface area (Å²) in [5, 5.41) is 12.9. The van der Waals surface area contributed by atoms with E-state index in [0.717, 1.165) is 40.4 Å².